The molecule has 0 aliphatic carbocycles. The number of hydrogen-bond donors (Lipinski definition) is 1. The lowest BCUT2D eigenvalue weighted by Crippen LogP contribution is -2.31. The molecule has 0 spiro atoms. The molecule has 1 aromatic carbocycles. The zero-order valence-electron chi connectivity index (χ0n) is 14.0. The number of anilines is 1. The average molecular weight is 333 g/mol. The molecule has 1 heterocycles. The second kappa shape index (κ2) is 7.97. The molecule has 6 heteroatoms. The molecule has 2 amide bonds. The summed E-state index contributed by atoms with van der Waals surface area (Å²) >= 11 is 1.59. The highest BCUT2D eigenvalue weighted by atomic mass is 32.1. The van der Waals surface area contributed by atoms with E-state index in [1.807, 2.05) is 37.4 Å². The number of amides is 2. The summed E-state index contributed by atoms with van der Waals surface area (Å²) in [6, 6.07) is 5.59. The van der Waals surface area contributed by atoms with Crippen molar-refractivity contribution in [2.45, 2.75) is 33.7 Å². The van der Waals surface area contributed by atoms with Crippen molar-refractivity contribution in [1.82, 2.24) is 9.88 Å². The van der Waals surface area contributed by atoms with Crippen LogP contribution in [0.1, 0.15) is 29.6 Å². The number of nitrogens with zero attached hydrogens (tertiary/aromatic N) is 2. The molecule has 0 bridgehead atoms. The third-order valence-electron chi connectivity index (χ3n) is 3.25. The Morgan fingerprint density at radius 3 is 2.83 bits per heavy atom. The zero-order chi connectivity index (χ0) is 16.8. The number of aryl methyl sites for hydroxylation is 2. The van der Waals surface area contributed by atoms with E-state index in [9.17, 15) is 4.79 Å². The fourth-order valence-electron chi connectivity index (χ4n) is 2.07. The molecule has 0 radical (unpaired) electrons. The number of hydrogen-bond acceptors (Lipinski definition) is 4. The highest BCUT2D eigenvalue weighted by molar-refractivity contribution is 7.09. The van der Waals surface area contributed by atoms with Gasteiger partial charge in [-0.3, -0.25) is 0 Å². The first kappa shape index (κ1) is 17.3. The molecule has 0 saturated heterocycles. The van der Waals surface area contributed by atoms with Crippen LogP contribution in [0.5, 0.6) is 5.75 Å². The Balaban J connectivity index is 2.03. The molecular weight excluding hydrogens is 310 g/mol. The summed E-state index contributed by atoms with van der Waals surface area (Å²) in [5.74, 6) is 0.707. The van der Waals surface area contributed by atoms with E-state index in [1.54, 1.807) is 23.3 Å². The number of rotatable bonds is 6. The van der Waals surface area contributed by atoms with E-state index in [0.717, 1.165) is 22.7 Å². The van der Waals surface area contributed by atoms with Crippen LogP contribution in [0.4, 0.5) is 10.5 Å². The van der Waals surface area contributed by atoms with Gasteiger partial charge in [0.2, 0.25) is 0 Å². The monoisotopic (exact) mass is 333 g/mol. The van der Waals surface area contributed by atoms with Gasteiger partial charge in [0, 0.05) is 12.4 Å². The summed E-state index contributed by atoms with van der Waals surface area (Å²) in [6.45, 7) is 7.12. The first-order valence-electron chi connectivity index (χ1n) is 7.66. The van der Waals surface area contributed by atoms with E-state index in [4.69, 9.17) is 4.74 Å². The summed E-state index contributed by atoms with van der Waals surface area (Å²) in [7, 11) is 1.75. The van der Waals surface area contributed by atoms with Crippen molar-refractivity contribution in [3.8, 4) is 5.75 Å². The molecule has 0 aliphatic rings. The van der Waals surface area contributed by atoms with Gasteiger partial charge in [-0.1, -0.05) is 13.0 Å². The molecule has 1 N–H and O–H groups in total. The van der Waals surface area contributed by atoms with Crippen LogP contribution in [0.3, 0.4) is 0 Å². The molecule has 124 valence electrons. The minimum atomic E-state index is -0.180. The van der Waals surface area contributed by atoms with Crippen molar-refractivity contribution in [1.29, 1.82) is 0 Å². The van der Waals surface area contributed by atoms with Crippen LogP contribution in [0.2, 0.25) is 0 Å². The summed E-state index contributed by atoms with van der Waals surface area (Å²) in [5.41, 5.74) is 2.69. The number of thiazole rings is 1. The first-order valence-corrected chi connectivity index (χ1v) is 8.54. The van der Waals surface area contributed by atoms with Gasteiger partial charge in [-0.25, -0.2) is 9.78 Å². The number of aromatic nitrogens is 1. The smallest absolute Gasteiger partial charge is 0.322 e. The van der Waals surface area contributed by atoms with Gasteiger partial charge in [-0.15, -0.1) is 11.3 Å². The van der Waals surface area contributed by atoms with Crippen molar-refractivity contribution < 1.29 is 9.53 Å². The maximum atomic E-state index is 12.4. The summed E-state index contributed by atoms with van der Waals surface area (Å²) in [6.07, 6.45) is 0.921. The second-order valence-corrected chi connectivity index (χ2v) is 6.55. The molecule has 0 atom stereocenters. The van der Waals surface area contributed by atoms with Gasteiger partial charge < -0.3 is 15.0 Å². The largest absolute Gasteiger partial charge is 0.491 e. The van der Waals surface area contributed by atoms with Crippen molar-refractivity contribution in [3.05, 3.63) is 39.8 Å². The number of urea groups is 1. The lowest BCUT2D eigenvalue weighted by molar-refractivity contribution is 0.220. The van der Waals surface area contributed by atoms with Crippen LogP contribution in [-0.4, -0.2) is 29.6 Å². The highest BCUT2D eigenvalue weighted by Gasteiger charge is 2.13. The SMILES string of the molecule is CCCOc1cc(C)ccc1NC(=O)N(C)Cc1csc(C)n1. The topological polar surface area (TPSA) is 54.5 Å². The molecule has 0 saturated carbocycles. The zero-order valence-corrected chi connectivity index (χ0v) is 14.9. The van der Waals surface area contributed by atoms with Gasteiger partial charge in [0.1, 0.15) is 5.75 Å². The van der Waals surface area contributed by atoms with Gasteiger partial charge in [0.05, 0.1) is 29.5 Å². The third-order valence-corrected chi connectivity index (χ3v) is 4.08. The van der Waals surface area contributed by atoms with Gasteiger partial charge in [-0.2, -0.15) is 0 Å². The summed E-state index contributed by atoms with van der Waals surface area (Å²) in [4.78, 5) is 18.4. The minimum Gasteiger partial charge on any atom is -0.491 e. The normalized spacial score (nSPS) is 10.4. The van der Waals surface area contributed by atoms with Crippen LogP contribution in [-0.2, 0) is 6.54 Å². The van der Waals surface area contributed by atoms with Crippen LogP contribution in [0.25, 0.3) is 0 Å². The minimum absolute atomic E-state index is 0.180. The Bertz CT molecular complexity index is 670. The quantitative estimate of drug-likeness (QED) is 0.861. The van der Waals surface area contributed by atoms with Crippen molar-refractivity contribution in [2.75, 3.05) is 19.0 Å². The standard InChI is InChI=1S/C17H23N3O2S/c1-5-8-22-16-9-12(2)6-7-15(16)19-17(21)20(4)10-14-11-23-13(3)18-14/h6-7,9,11H,5,8,10H2,1-4H3,(H,19,21). The first-order chi connectivity index (χ1) is 11.0. The maximum Gasteiger partial charge on any atom is 0.322 e. The fourth-order valence-corrected chi connectivity index (χ4v) is 2.67. The predicted molar refractivity (Wildman–Crippen MR) is 94.3 cm³/mol. The molecule has 2 aromatic rings. The van der Waals surface area contributed by atoms with Crippen LogP contribution < -0.4 is 10.1 Å². The van der Waals surface area contributed by atoms with Crippen molar-refractivity contribution in [2.24, 2.45) is 0 Å². The molecule has 0 aliphatic heterocycles. The van der Waals surface area contributed by atoms with E-state index in [1.165, 1.54) is 0 Å². The van der Waals surface area contributed by atoms with Gasteiger partial charge >= 0.3 is 6.03 Å². The van der Waals surface area contributed by atoms with E-state index in [2.05, 4.69) is 17.2 Å². The summed E-state index contributed by atoms with van der Waals surface area (Å²) in [5, 5.41) is 5.89. The fraction of sp³-hybridized carbons (Fsp3) is 0.412. The Hall–Kier alpha value is -2.08. The second-order valence-electron chi connectivity index (χ2n) is 5.49. The third kappa shape index (κ3) is 4.96. The van der Waals surface area contributed by atoms with Gasteiger partial charge in [0.15, 0.2) is 0 Å². The number of carbonyl (C=O) groups excluding carboxylic acids is 1. The number of nitrogens with one attached hydrogen (secondary N) is 1. The molecule has 5 nitrogen and oxygen atoms in total. The molecule has 0 fully saturated rings. The Kier molecular flexibility index (Phi) is 5.98. The number of ether oxygens (including phenoxy) is 1. The number of benzene rings is 1. The van der Waals surface area contributed by atoms with E-state index >= 15 is 0 Å². The lowest BCUT2D eigenvalue weighted by atomic mass is 10.2. The Morgan fingerprint density at radius 1 is 1.39 bits per heavy atom. The van der Waals surface area contributed by atoms with Crippen molar-refractivity contribution >= 4 is 23.1 Å². The summed E-state index contributed by atoms with van der Waals surface area (Å²) < 4.78 is 5.73. The van der Waals surface area contributed by atoms with Gasteiger partial charge in [-0.05, 0) is 38.0 Å². The molecule has 2 rings (SSSR count). The van der Waals surface area contributed by atoms with Crippen LogP contribution in [0.15, 0.2) is 23.6 Å². The lowest BCUT2D eigenvalue weighted by Gasteiger charge is -2.19. The van der Waals surface area contributed by atoms with Crippen LogP contribution >= 0.6 is 11.3 Å². The number of carbonyl (C=O) groups is 1. The van der Waals surface area contributed by atoms with Gasteiger partial charge in [0.25, 0.3) is 0 Å². The van der Waals surface area contributed by atoms with E-state index < -0.39 is 0 Å². The maximum absolute atomic E-state index is 12.4. The average Bonchev–Trinajstić information content (AvgIpc) is 2.92. The Morgan fingerprint density at radius 2 is 2.17 bits per heavy atom. The van der Waals surface area contributed by atoms with Crippen molar-refractivity contribution in [3.63, 3.8) is 0 Å². The Labute approximate surface area is 141 Å². The highest BCUT2D eigenvalue weighted by Crippen LogP contribution is 2.26. The predicted octanol–water partition coefficient (Wildman–Crippen LogP) is 4.21. The van der Waals surface area contributed by atoms with Crippen LogP contribution in [0, 0.1) is 13.8 Å². The molecule has 1 aromatic heterocycles. The molecular formula is C17H23N3O2S. The van der Waals surface area contributed by atoms with E-state index in [0.29, 0.717) is 24.6 Å². The van der Waals surface area contributed by atoms with E-state index in [-0.39, 0.29) is 6.03 Å². The molecule has 0 unspecified atom stereocenters. The molecule has 23 heavy (non-hydrogen) atoms.